The summed E-state index contributed by atoms with van der Waals surface area (Å²) in [5, 5.41) is 20.0. The summed E-state index contributed by atoms with van der Waals surface area (Å²) < 4.78 is 37.1. The van der Waals surface area contributed by atoms with Gasteiger partial charge >= 0.3 is 18.2 Å². The molecule has 78 heavy (non-hydrogen) atoms. The lowest BCUT2D eigenvalue weighted by Gasteiger charge is -2.38. The third-order valence-corrected chi connectivity index (χ3v) is 13.4. The van der Waals surface area contributed by atoms with Crippen molar-refractivity contribution >= 4 is 71.1 Å². The fraction of sp³-hybridized carbons (Fsp3) is 0.633. The Bertz CT molecular complexity index is 2360. The van der Waals surface area contributed by atoms with Crippen LogP contribution >= 0.6 is 0 Å². The topological polar surface area (TPSA) is 340 Å². The van der Waals surface area contributed by atoms with Gasteiger partial charge in [0, 0.05) is 54.4 Å². The fourth-order valence-electron chi connectivity index (χ4n) is 8.45. The molecule has 0 saturated carbocycles. The molecule has 11 amide bonds. The zero-order valence-electron chi connectivity index (χ0n) is 45.1. The summed E-state index contributed by atoms with van der Waals surface area (Å²) >= 11 is 0. The van der Waals surface area contributed by atoms with Crippen LogP contribution in [-0.2, 0) is 64.1 Å². The molecule has 29 heteroatoms. The molecule has 1 aromatic rings. The Morgan fingerprint density at radius 2 is 1.21 bits per heavy atom. The Hall–Kier alpha value is -7.59. The average molecular weight is 1110 g/mol. The number of benzene rings is 1. The quantitative estimate of drug-likeness (QED) is 0.174. The summed E-state index contributed by atoms with van der Waals surface area (Å²) in [6.07, 6.45) is -3.40. The van der Waals surface area contributed by atoms with Crippen LogP contribution in [0.5, 0.6) is 0 Å². The van der Waals surface area contributed by atoms with Gasteiger partial charge < -0.3 is 71.6 Å². The van der Waals surface area contributed by atoms with Crippen molar-refractivity contribution in [2.24, 2.45) is 11.7 Å². The maximum absolute atomic E-state index is 14.4. The number of piperidine rings is 2. The van der Waals surface area contributed by atoms with Crippen LogP contribution in [0.4, 0.5) is 18.0 Å². The molecule has 3 saturated heterocycles. The third kappa shape index (κ3) is 18.6. The number of carboxylic acid groups (broad SMARTS) is 1. The van der Waals surface area contributed by atoms with Crippen LogP contribution < -0.4 is 32.3 Å². The largest absolute Gasteiger partial charge is 0.490 e. The molecule has 1 aromatic carbocycles. The number of fused-ring (bicyclic) bond motifs is 2. The number of nitrogens with one attached hydrogen (secondary N) is 5. The lowest BCUT2D eigenvalue weighted by molar-refractivity contribution is -0.192. The van der Waals surface area contributed by atoms with E-state index in [0.29, 0.717) is 31.2 Å². The number of nitrogens with two attached hydrogens (primary N) is 1. The number of carbonyl (C=O) groups is 12. The number of halogens is 3. The van der Waals surface area contributed by atoms with Gasteiger partial charge in [0.1, 0.15) is 42.4 Å². The van der Waals surface area contributed by atoms with E-state index in [9.17, 15) is 65.9 Å². The molecule has 0 bridgehead atoms. The molecule has 3 aliphatic heterocycles. The van der Waals surface area contributed by atoms with E-state index in [1.165, 1.54) is 56.7 Å². The smallest absolute Gasteiger partial charge is 0.475 e. The van der Waals surface area contributed by atoms with Gasteiger partial charge in [-0.25, -0.2) is 9.59 Å². The van der Waals surface area contributed by atoms with Crippen molar-refractivity contribution in [2.75, 3.05) is 80.5 Å². The van der Waals surface area contributed by atoms with Gasteiger partial charge in [0.15, 0.2) is 0 Å². The van der Waals surface area contributed by atoms with Crippen LogP contribution in [0.2, 0.25) is 0 Å². The number of alkyl halides is 3. The first-order valence-electron chi connectivity index (χ1n) is 25.2. The second kappa shape index (κ2) is 29.2. The van der Waals surface area contributed by atoms with Gasteiger partial charge in [0.05, 0.1) is 26.2 Å². The van der Waals surface area contributed by atoms with Crippen molar-refractivity contribution in [3.8, 4) is 0 Å². The first-order valence-corrected chi connectivity index (χ1v) is 25.2. The lowest BCUT2D eigenvalue weighted by atomic mass is 9.99. The number of likely N-dealkylation sites (N-methyl/N-ethyl adjacent to an activating group) is 4. The van der Waals surface area contributed by atoms with E-state index in [1.54, 1.807) is 44.2 Å². The maximum Gasteiger partial charge on any atom is 0.490 e. The summed E-state index contributed by atoms with van der Waals surface area (Å²) in [7, 11) is 5.42. The van der Waals surface area contributed by atoms with Gasteiger partial charge in [0.25, 0.3) is 0 Å². The summed E-state index contributed by atoms with van der Waals surface area (Å²) in [5.74, 6) is -9.81. The number of hydrogen-bond donors (Lipinski definition) is 7. The van der Waals surface area contributed by atoms with Gasteiger partial charge in [-0.2, -0.15) is 13.2 Å². The third-order valence-electron chi connectivity index (χ3n) is 13.4. The first-order chi connectivity index (χ1) is 36.4. The molecule has 5 atom stereocenters. The van der Waals surface area contributed by atoms with E-state index in [0.717, 1.165) is 14.7 Å². The van der Waals surface area contributed by atoms with Gasteiger partial charge in [0.2, 0.25) is 59.1 Å². The predicted molar refractivity (Wildman–Crippen MR) is 269 cm³/mol. The highest BCUT2D eigenvalue weighted by Gasteiger charge is 2.41. The molecule has 0 spiro atoms. The van der Waals surface area contributed by atoms with Crippen molar-refractivity contribution in [1.29, 1.82) is 0 Å². The van der Waals surface area contributed by atoms with Crippen LogP contribution in [0, 0.1) is 5.92 Å². The normalized spacial score (nSPS) is 24.0. The number of carbonyl (C=O) groups excluding carboxylic acids is 11. The predicted octanol–water partition coefficient (Wildman–Crippen LogP) is -1.88. The van der Waals surface area contributed by atoms with Gasteiger partial charge in [-0.1, -0.05) is 44.2 Å². The second-order valence-electron chi connectivity index (χ2n) is 19.9. The Labute approximate surface area is 449 Å². The van der Waals surface area contributed by atoms with E-state index in [1.807, 2.05) is 0 Å². The number of ether oxygens (including phenoxy) is 1. The first kappa shape index (κ1) is 64.7. The zero-order chi connectivity index (χ0) is 58.8. The molecule has 4 rings (SSSR count). The minimum atomic E-state index is -5.08. The molecular formula is C49H73F3N12O14. The number of aliphatic carboxylic acids is 1. The lowest BCUT2D eigenvalue weighted by Crippen LogP contribution is -2.62. The van der Waals surface area contributed by atoms with Crippen LogP contribution in [-0.4, -0.2) is 228 Å². The summed E-state index contributed by atoms with van der Waals surface area (Å²) in [6.45, 7) is 3.50. The summed E-state index contributed by atoms with van der Waals surface area (Å²) in [5.41, 5.74) is 5.34. The van der Waals surface area contributed by atoms with Crippen LogP contribution in [0.25, 0.3) is 0 Å². The Morgan fingerprint density at radius 1 is 0.718 bits per heavy atom. The molecule has 26 nitrogen and oxygen atoms in total. The van der Waals surface area contributed by atoms with Crippen LogP contribution in [0.1, 0.15) is 71.8 Å². The van der Waals surface area contributed by atoms with Crippen molar-refractivity contribution < 1.29 is 80.5 Å². The zero-order valence-corrected chi connectivity index (χ0v) is 45.1. The monoisotopic (exact) mass is 1110 g/mol. The minimum absolute atomic E-state index is 0.0846. The molecule has 3 aliphatic rings. The number of carboxylic acids is 1. The van der Waals surface area contributed by atoms with E-state index in [2.05, 4.69) is 26.6 Å². The molecule has 3 fully saturated rings. The molecule has 0 aliphatic carbocycles. The maximum atomic E-state index is 14.4. The van der Waals surface area contributed by atoms with E-state index in [4.69, 9.17) is 20.4 Å². The van der Waals surface area contributed by atoms with Crippen molar-refractivity contribution in [3.05, 3.63) is 35.9 Å². The molecule has 434 valence electrons. The summed E-state index contributed by atoms with van der Waals surface area (Å²) in [6, 6.07) is 2.86. The molecular weight excluding hydrogens is 1040 g/mol. The number of rotatable bonds is 4. The average Bonchev–Trinajstić information content (AvgIpc) is 3.40. The highest BCUT2D eigenvalue weighted by molar-refractivity contribution is 5.97. The van der Waals surface area contributed by atoms with E-state index >= 15 is 0 Å². The van der Waals surface area contributed by atoms with Crippen LogP contribution in [0.15, 0.2) is 30.3 Å². The molecule has 0 aromatic heterocycles. The minimum Gasteiger partial charge on any atom is -0.475 e. The molecule has 0 radical (unpaired) electrons. The number of hydrogen-bond acceptors (Lipinski definition) is 14. The Kier molecular flexibility index (Phi) is 24.2. The van der Waals surface area contributed by atoms with Crippen molar-refractivity contribution in [3.63, 3.8) is 0 Å². The standard InChI is InChI=1S/C47H72N12O12.C2HF3O2/c1-29(2)39-42(66)49-22-31(48)43(67)58-20-14-12-18-33(58)40(64)50-25-36(61)55(6)27-38(63)57(8)47(3,4)45(69)52-23-32(53-46(70)71-28-30-16-10-9-11-17-30)44(68)59-21-15-13-19-34(59)41(65)51-24-35(60)54(5)26-37(62)56(39)7;3-2(4,5)1(6)7/h9-11,16-17,29,31-34,39H,12-15,18-28,48H2,1-8H3,(H,49,66)(H,50,64)(H,51,65)(H,52,69)(H,53,70);(H,6,7)/t31-,32-,33+,34+,39+;/m1./s1. The SMILES string of the molecule is CC(C)[C@H]1C(=O)NC[C@@H](N)C(=O)N2CCCC[C@H]2C(=O)NCC(=O)N(C)CC(=O)N(C)C(C)(C)C(=O)NC[C@@H](NC(=O)OCc2ccccc2)C(=O)N2CCCC[C@H]2C(=O)NCC(=O)N(C)CC(=O)N1C.O=C(O)C(F)(F)F. The number of nitrogens with zero attached hydrogens (tertiary/aromatic N) is 6. The Balaban J connectivity index is 0.00000213. The van der Waals surface area contributed by atoms with Crippen molar-refractivity contribution in [2.45, 2.75) is 115 Å². The molecule has 0 unspecified atom stereocenters. The van der Waals surface area contributed by atoms with Gasteiger partial charge in [-0.3, -0.25) is 47.9 Å². The highest BCUT2D eigenvalue weighted by atomic mass is 19.4. The molecule has 8 N–H and O–H groups in total. The second-order valence-corrected chi connectivity index (χ2v) is 19.9. The fourth-order valence-corrected chi connectivity index (χ4v) is 8.45. The van der Waals surface area contributed by atoms with E-state index in [-0.39, 0.29) is 39.1 Å². The van der Waals surface area contributed by atoms with Gasteiger partial charge in [-0.15, -0.1) is 0 Å². The highest BCUT2D eigenvalue weighted by Crippen LogP contribution is 2.21. The summed E-state index contributed by atoms with van der Waals surface area (Å²) in [4.78, 5) is 166. The van der Waals surface area contributed by atoms with Crippen LogP contribution in [0.3, 0.4) is 0 Å². The number of alkyl carbamates (subject to hydrolysis) is 1. The van der Waals surface area contributed by atoms with Gasteiger partial charge in [-0.05, 0) is 63.9 Å². The van der Waals surface area contributed by atoms with E-state index < -0.39 is 152 Å². The molecule has 3 heterocycles. The Morgan fingerprint density at radius 3 is 1.69 bits per heavy atom. The van der Waals surface area contributed by atoms with Crippen molar-refractivity contribution in [1.82, 2.24) is 56.0 Å². The number of amides is 11.